The first-order chi connectivity index (χ1) is 11.3. The van der Waals surface area contributed by atoms with Crippen LogP contribution in [-0.2, 0) is 11.3 Å². The van der Waals surface area contributed by atoms with Gasteiger partial charge in [-0.3, -0.25) is 4.79 Å². The van der Waals surface area contributed by atoms with E-state index < -0.39 is 0 Å². The van der Waals surface area contributed by atoms with E-state index in [2.05, 4.69) is 20.8 Å². The SMILES string of the molecule is O=C(Cn1cnnn1)NC1c2ccccc2Oc2ccccc21. The summed E-state index contributed by atoms with van der Waals surface area (Å²) in [5, 5.41) is 13.8. The third-order valence-corrected chi connectivity index (χ3v) is 3.68. The second-order valence-corrected chi connectivity index (χ2v) is 5.19. The Kier molecular flexibility index (Phi) is 3.23. The van der Waals surface area contributed by atoms with Gasteiger partial charge in [0.15, 0.2) is 0 Å². The molecule has 1 N–H and O–H groups in total. The van der Waals surface area contributed by atoms with Gasteiger partial charge in [0.2, 0.25) is 5.91 Å². The Hall–Kier alpha value is -3.22. The van der Waals surface area contributed by atoms with E-state index in [1.165, 1.54) is 11.0 Å². The van der Waals surface area contributed by atoms with Gasteiger partial charge in [-0.1, -0.05) is 36.4 Å². The van der Waals surface area contributed by atoms with Gasteiger partial charge < -0.3 is 10.1 Å². The quantitative estimate of drug-likeness (QED) is 0.796. The van der Waals surface area contributed by atoms with Crippen molar-refractivity contribution >= 4 is 5.91 Å². The van der Waals surface area contributed by atoms with Crippen LogP contribution in [0.15, 0.2) is 54.9 Å². The second-order valence-electron chi connectivity index (χ2n) is 5.19. The van der Waals surface area contributed by atoms with E-state index in [-0.39, 0.29) is 18.5 Å². The lowest BCUT2D eigenvalue weighted by Crippen LogP contribution is -2.33. The molecule has 0 unspecified atom stereocenters. The van der Waals surface area contributed by atoms with Crippen molar-refractivity contribution in [3.8, 4) is 11.5 Å². The molecule has 1 amide bonds. The van der Waals surface area contributed by atoms with Gasteiger partial charge in [-0.25, -0.2) is 4.68 Å². The van der Waals surface area contributed by atoms with Crippen LogP contribution >= 0.6 is 0 Å². The number of para-hydroxylation sites is 2. The fraction of sp³-hybridized carbons (Fsp3) is 0.125. The zero-order chi connectivity index (χ0) is 15.6. The molecule has 0 spiro atoms. The van der Waals surface area contributed by atoms with Crippen molar-refractivity contribution in [1.82, 2.24) is 25.5 Å². The van der Waals surface area contributed by atoms with Crippen LogP contribution < -0.4 is 10.1 Å². The summed E-state index contributed by atoms with van der Waals surface area (Å²) in [5.74, 6) is 1.33. The number of ether oxygens (including phenoxy) is 1. The Labute approximate surface area is 131 Å². The molecule has 1 aliphatic heterocycles. The zero-order valence-corrected chi connectivity index (χ0v) is 12.1. The lowest BCUT2D eigenvalue weighted by atomic mass is 9.94. The molecule has 1 aliphatic rings. The lowest BCUT2D eigenvalue weighted by Gasteiger charge is -2.28. The number of nitrogens with zero attached hydrogens (tertiary/aromatic N) is 4. The van der Waals surface area contributed by atoms with Gasteiger partial charge in [-0.2, -0.15) is 0 Å². The molecular weight excluding hydrogens is 294 g/mol. The summed E-state index contributed by atoms with van der Waals surface area (Å²) in [7, 11) is 0. The molecule has 0 saturated heterocycles. The molecular formula is C16H13N5O2. The minimum atomic E-state index is -0.264. The van der Waals surface area contributed by atoms with Crippen LogP contribution in [-0.4, -0.2) is 26.1 Å². The van der Waals surface area contributed by atoms with E-state index in [9.17, 15) is 4.79 Å². The number of tetrazole rings is 1. The van der Waals surface area contributed by atoms with Crippen molar-refractivity contribution in [3.05, 3.63) is 66.0 Å². The minimum absolute atomic E-state index is 0.0642. The molecule has 2 heterocycles. The van der Waals surface area contributed by atoms with Crippen molar-refractivity contribution in [2.24, 2.45) is 0 Å². The fourth-order valence-electron chi connectivity index (χ4n) is 2.67. The van der Waals surface area contributed by atoms with Gasteiger partial charge in [0.1, 0.15) is 24.4 Å². The van der Waals surface area contributed by atoms with Crippen LogP contribution in [0.5, 0.6) is 11.5 Å². The fourth-order valence-corrected chi connectivity index (χ4v) is 2.67. The summed E-state index contributed by atoms with van der Waals surface area (Å²) in [4.78, 5) is 12.3. The van der Waals surface area contributed by atoms with E-state index in [4.69, 9.17) is 4.74 Å². The summed E-state index contributed by atoms with van der Waals surface area (Å²) in [6.45, 7) is 0.0642. The number of amides is 1. The summed E-state index contributed by atoms with van der Waals surface area (Å²) >= 11 is 0. The normalized spacial score (nSPS) is 12.9. The standard InChI is InChI=1S/C16H13N5O2/c22-15(9-21-10-17-19-20-21)18-16-11-5-1-3-7-13(11)23-14-8-4-2-6-12(14)16/h1-8,10,16H,9H2,(H,18,22). The van der Waals surface area contributed by atoms with E-state index in [1.54, 1.807) is 0 Å². The first-order valence-corrected chi connectivity index (χ1v) is 7.17. The van der Waals surface area contributed by atoms with E-state index in [0.717, 1.165) is 22.6 Å². The highest BCUT2D eigenvalue weighted by Gasteiger charge is 2.28. The minimum Gasteiger partial charge on any atom is -0.457 e. The highest BCUT2D eigenvalue weighted by atomic mass is 16.5. The molecule has 2 aromatic carbocycles. The van der Waals surface area contributed by atoms with Crippen molar-refractivity contribution in [2.45, 2.75) is 12.6 Å². The number of fused-ring (bicyclic) bond motifs is 2. The average Bonchev–Trinajstić information content (AvgIpc) is 3.07. The molecule has 1 aromatic heterocycles. The third-order valence-electron chi connectivity index (χ3n) is 3.68. The van der Waals surface area contributed by atoms with Gasteiger partial charge in [0, 0.05) is 11.1 Å². The molecule has 7 nitrogen and oxygen atoms in total. The number of hydrogen-bond donors (Lipinski definition) is 1. The molecule has 0 saturated carbocycles. The van der Waals surface area contributed by atoms with Crippen molar-refractivity contribution < 1.29 is 9.53 Å². The molecule has 23 heavy (non-hydrogen) atoms. The summed E-state index contributed by atoms with van der Waals surface area (Å²) in [5.41, 5.74) is 1.85. The van der Waals surface area contributed by atoms with Crippen LogP contribution in [0, 0.1) is 0 Å². The van der Waals surface area contributed by atoms with Gasteiger partial charge in [0.05, 0.1) is 6.04 Å². The maximum absolute atomic E-state index is 12.3. The molecule has 7 heteroatoms. The Morgan fingerprint density at radius 1 is 1.09 bits per heavy atom. The Morgan fingerprint density at radius 2 is 1.74 bits per heavy atom. The smallest absolute Gasteiger partial charge is 0.242 e. The molecule has 114 valence electrons. The van der Waals surface area contributed by atoms with Crippen LogP contribution in [0.4, 0.5) is 0 Å². The van der Waals surface area contributed by atoms with Gasteiger partial charge in [-0.15, -0.1) is 5.10 Å². The lowest BCUT2D eigenvalue weighted by molar-refractivity contribution is -0.122. The summed E-state index contributed by atoms with van der Waals surface area (Å²) < 4.78 is 7.29. The highest BCUT2D eigenvalue weighted by molar-refractivity contribution is 5.77. The first kappa shape index (κ1) is 13.4. The summed E-state index contributed by atoms with van der Waals surface area (Å²) in [6.07, 6.45) is 1.41. The second kappa shape index (κ2) is 5.53. The van der Waals surface area contributed by atoms with Crippen LogP contribution in [0.3, 0.4) is 0 Å². The van der Waals surface area contributed by atoms with Crippen molar-refractivity contribution in [1.29, 1.82) is 0 Å². The molecule has 0 aliphatic carbocycles. The number of carbonyl (C=O) groups is 1. The Morgan fingerprint density at radius 3 is 2.35 bits per heavy atom. The molecule has 0 radical (unpaired) electrons. The van der Waals surface area contributed by atoms with Crippen LogP contribution in [0.25, 0.3) is 0 Å². The third kappa shape index (κ3) is 2.52. The van der Waals surface area contributed by atoms with Crippen LogP contribution in [0.2, 0.25) is 0 Å². The molecule has 4 rings (SSSR count). The summed E-state index contributed by atoms with van der Waals surface area (Å²) in [6, 6.07) is 15.1. The van der Waals surface area contributed by atoms with Gasteiger partial charge in [0.25, 0.3) is 0 Å². The van der Waals surface area contributed by atoms with E-state index >= 15 is 0 Å². The van der Waals surface area contributed by atoms with Crippen molar-refractivity contribution in [3.63, 3.8) is 0 Å². The maximum atomic E-state index is 12.3. The van der Waals surface area contributed by atoms with E-state index in [1.807, 2.05) is 48.5 Å². The zero-order valence-electron chi connectivity index (χ0n) is 12.1. The maximum Gasteiger partial charge on any atom is 0.242 e. The molecule has 0 fully saturated rings. The monoisotopic (exact) mass is 307 g/mol. The number of hydrogen-bond acceptors (Lipinski definition) is 5. The van der Waals surface area contributed by atoms with E-state index in [0.29, 0.717) is 0 Å². The number of rotatable bonds is 3. The average molecular weight is 307 g/mol. The number of aromatic nitrogens is 4. The topological polar surface area (TPSA) is 81.9 Å². The molecule has 3 aromatic rings. The number of benzene rings is 2. The molecule has 0 bridgehead atoms. The van der Waals surface area contributed by atoms with Crippen molar-refractivity contribution in [2.75, 3.05) is 0 Å². The predicted octanol–water partition coefficient (Wildman–Crippen LogP) is 1.68. The number of nitrogens with one attached hydrogen (secondary N) is 1. The highest BCUT2D eigenvalue weighted by Crippen LogP contribution is 2.42. The predicted molar refractivity (Wildman–Crippen MR) is 80.8 cm³/mol. The first-order valence-electron chi connectivity index (χ1n) is 7.17. The van der Waals surface area contributed by atoms with Gasteiger partial charge in [-0.05, 0) is 22.6 Å². The van der Waals surface area contributed by atoms with Gasteiger partial charge >= 0.3 is 0 Å². The molecule has 0 atom stereocenters. The largest absolute Gasteiger partial charge is 0.457 e. The Bertz CT molecular complexity index is 802. The van der Waals surface area contributed by atoms with Crippen LogP contribution in [0.1, 0.15) is 17.2 Å². The Balaban J connectivity index is 1.66. The number of carbonyl (C=O) groups excluding carboxylic acids is 1.